The van der Waals surface area contributed by atoms with E-state index in [1.807, 2.05) is 30.8 Å². The summed E-state index contributed by atoms with van der Waals surface area (Å²) in [5.74, 6) is -0.0430. The van der Waals surface area contributed by atoms with Crippen LogP contribution in [0.3, 0.4) is 0 Å². The highest BCUT2D eigenvalue weighted by Gasteiger charge is 2.16. The zero-order valence-corrected chi connectivity index (χ0v) is 13.5. The van der Waals surface area contributed by atoms with Crippen LogP contribution < -0.4 is 5.32 Å². The van der Waals surface area contributed by atoms with Crippen LogP contribution in [0.15, 0.2) is 24.3 Å². The summed E-state index contributed by atoms with van der Waals surface area (Å²) >= 11 is 1.49. The van der Waals surface area contributed by atoms with Crippen molar-refractivity contribution in [1.82, 2.24) is 9.78 Å². The Morgan fingerprint density at radius 2 is 2.09 bits per heavy atom. The highest BCUT2D eigenvalue weighted by Crippen LogP contribution is 2.29. The molecule has 5 heteroatoms. The Bertz CT molecular complexity index is 856. The molecule has 1 amide bonds. The third-order valence-corrected chi connectivity index (χ3v) is 5.48. The maximum absolute atomic E-state index is 12.5. The minimum absolute atomic E-state index is 0.0430. The number of carbonyl (C=O) groups is 1. The van der Waals surface area contributed by atoms with Crippen LogP contribution in [0.25, 0.3) is 10.2 Å². The SMILES string of the molecule is Cc1nn(C)c2sc(C(=O)Nc3ccc4c(c3)CCC4)cc12. The number of thiophene rings is 1. The van der Waals surface area contributed by atoms with E-state index in [0.717, 1.165) is 39.3 Å². The number of aryl methyl sites for hydroxylation is 4. The first-order valence-corrected chi connectivity index (χ1v) is 8.30. The van der Waals surface area contributed by atoms with Gasteiger partial charge < -0.3 is 5.32 Å². The Kier molecular flexibility index (Phi) is 3.04. The van der Waals surface area contributed by atoms with Crippen LogP contribution >= 0.6 is 11.3 Å². The predicted octanol–water partition coefficient (Wildman–Crippen LogP) is 3.68. The van der Waals surface area contributed by atoms with Crippen LogP contribution in [-0.2, 0) is 19.9 Å². The van der Waals surface area contributed by atoms with Gasteiger partial charge in [0.05, 0.1) is 10.6 Å². The van der Waals surface area contributed by atoms with Crippen molar-refractivity contribution in [3.05, 3.63) is 46.0 Å². The van der Waals surface area contributed by atoms with Crippen LogP contribution in [0, 0.1) is 6.92 Å². The second-order valence-corrected chi connectivity index (χ2v) is 6.86. The molecule has 3 aromatic rings. The summed E-state index contributed by atoms with van der Waals surface area (Å²) in [6.07, 6.45) is 3.49. The molecule has 1 aromatic carbocycles. The lowest BCUT2D eigenvalue weighted by Crippen LogP contribution is -2.10. The van der Waals surface area contributed by atoms with Gasteiger partial charge in [0.2, 0.25) is 0 Å². The van der Waals surface area contributed by atoms with Crippen LogP contribution in [0.4, 0.5) is 5.69 Å². The van der Waals surface area contributed by atoms with E-state index in [1.54, 1.807) is 0 Å². The quantitative estimate of drug-likeness (QED) is 0.784. The standard InChI is InChI=1S/C17H17N3OS/c1-10-14-9-15(22-17(14)20(2)19-10)16(21)18-13-7-6-11-4-3-5-12(11)8-13/h6-9H,3-5H2,1-2H3,(H,18,21). The van der Waals surface area contributed by atoms with Crippen molar-refractivity contribution >= 4 is 33.1 Å². The maximum Gasteiger partial charge on any atom is 0.265 e. The molecule has 4 rings (SSSR count). The van der Waals surface area contributed by atoms with Crippen molar-refractivity contribution in [1.29, 1.82) is 0 Å². The zero-order valence-electron chi connectivity index (χ0n) is 12.6. The number of carbonyl (C=O) groups excluding carboxylic acids is 1. The minimum Gasteiger partial charge on any atom is -0.321 e. The molecule has 1 aliphatic rings. The normalized spacial score (nSPS) is 13.5. The number of fused-ring (bicyclic) bond motifs is 2. The van der Waals surface area contributed by atoms with Gasteiger partial charge in [-0.3, -0.25) is 9.48 Å². The molecule has 1 N–H and O–H groups in total. The number of benzene rings is 1. The van der Waals surface area contributed by atoms with Crippen molar-refractivity contribution in [3.63, 3.8) is 0 Å². The molecule has 0 atom stereocenters. The van der Waals surface area contributed by atoms with Gasteiger partial charge in [0.1, 0.15) is 4.83 Å². The third-order valence-electron chi connectivity index (χ3n) is 4.28. The molecule has 0 saturated heterocycles. The molecule has 1 aliphatic carbocycles. The number of nitrogens with one attached hydrogen (secondary N) is 1. The third kappa shape index (κ3) is 2.13. The summed E-state index contributed by atoms with van der Waals surface area (Å²) in [5.41, 5.74) is 4.64. The van der Waals surface area contributed by atoms with E-state index in [1.165, 1.54) is 28.9 Å². The van der Waals surface area contributed by atoms with Gasteiger partial charge in [0, 0.05) is 18.1 Å². The first-order chi connectivity index (χ1) is 10.6. The van der Waals surface area contributed by atoms with Crippen LogP contribution in [0.5, 0.6) is 0 Å². The molecule has 0 radical (unpaired) electrons. The van der Waals surface area contributed by atoms with Gasteiger partial charge in [-0.15, -0.1) is 11.3 Å². The Morgan fingerprint density at radius 1 is 1.27 bits per heavy atom. The van der Waals surface area contributed by atoms with Gasteiger partial charge in [-0.1, -0.05) is 6.07 Å². The summed E-state index contributed by atoms with van der Waals surface area (Å²) in [7, 11) is 1.91. The van der Waals surface area contributed by atoms with Crippen LogP contribution in [0.1, 0.15) is 32.9 Å². The molecule has 0 aliphatic heterocycles. The Labute approximate surface area is 132 Å². The smallest absolute Gasteiger partial charge is 0.265 e. The van der Waals surface area contributed by atoms with Gasteiger partial charge >= 0.3 is 0 Å². The van der Waals surface area contributed by atoms with Crippen molar-refractivity contribution in [2.24, 2.45) is 7.05 Å². The molecule has 2 aromatic heterocycles. The molecule has 22 heavy (non-hydrogen) atoms. The van der Waals surface area contributed by atoms with E-state index in [9.17, 15) is 4.79 Å². The van der Waals surface area contributed by atoms with Crippen LogP contribution in [-0.4, -0.2) is 15.7 Å². The van der Waals surface area contributed by atoms with Crippen molar-refractivity contribution in [2.45, 2.75) is 26.2 Å². The van der Waals surface area contributed by atoms with E-state index < -0.39 is 0 Å². The lowest BCUT2D eigenvalue weighted by molar-refractivity contribution is 0.103. The summed E-state index contributed by atoms with van der Waals surface area (Å²) < 4.78 is 1.83. The Morgan fingerprint density at radius 3 is 2.91 bits per heavy atom. The summed E-state index contributed by atoms with van der Waals surface area (Å²) in [6.45, 7) is 1.97. The van der Waals surface area contributed by atoms with E-state index in [4.69, 9.17) is 0 Å². The largest absolute Gasteiger partial charge is 0.321 e. The minimum atomic E-state index is -0.0430. The molecule has 0 bridgehead atoms. The van der Waals surface area contributed by atoms with Crippen molar-refractivity contribution < 1.29 is 4.79 Å². The molecule has 2 heterocycles. The number of nitrogens with zero attached hydrogens (tertiary/aromatic N) is 2. The average Bonchev–Trinajstić information content (AvgIpc) is 3.17. The van der Waals surface area contributed by atoms with Gasteiger partial charge in [0.25, 0.3) is 5.91 Å². The molecule has 0 spiro atoms. The lowest BCUT2D eigenvalue weighted by atomic mass is 10.1. The fourth-order valence-electron chi connectivity index (χ4n) is 3.16. The Balaban J connectivity index is 1.62. The number of hydrogen-bond acceptors (Lipinski definition) is 3. The number of hydrogen-bond donors (Lipinski definition) is 1. The van der Waals surface area contributed by atoms with Crippen molar-refractivity contribution in [2.75, 3.05) is 5.32 Å². The first-order valence-electron chi connectivity index (χ1n) is 7.48. The number of amides is 1. The average molecular weight is 311 g/mol. The van der Waals surface area contributed by atoms with E-state index in [2.05, 4.69) is 22.5 Å². The summed E-state index contributed by atoms with van der Waals surface area (Å²) in [4.78, 5) is 14.2. The molecule has 0 fully saturated rings. The van der Waals surface area contributed by atoms with E-state index in [0.29, 0.717) is 0 Å². The fourth-order valence-corrected chi connectivity index (χ4v) is 4.18. The van der Waals surface area contributed by atoms with E-state index in [-0.39, 0.29) is 5.91 Å². The second-order valence-electron chi connectivity index (χ2n) is 5.83. The van der Waals surface area contributed by atoms with Gasteiger partial charge in [-0.05, 0) is 55.5 Å². The summed E-state index contributed by atoms with van der Waals surface area (Å²) in [6, 6.07) is 8.19. The highest BCUT2D eigenvalue weighted by molar-refractivity contribution is 7.20. The predicted molar refractivity (Wildman–Crippen MR) is 89.7 cm³/mol. The van der Waals surface area contributed by atoms with Gasteiger partial charge in [-0.25, -0.2) is 0 Å². The molecule has 112 valence electrons. The Hall–Kier alpha value is -2.14. The zero-order chi connectivity index (χ0) is 15.3. The fraction of sp³-hybridized carbons (Fsp3) is 0.294. The second kappa shape index (κ2) is 4.95. The van der Waals surface area contributed by atoms with Crippen LogP contribution in [0.2, 0.25) is 0 Å². The lowest BCUT2D eigenvalue weighted by Gasteiger charge is -2.06. The number of anilines is 1. The number of aromatic nitrogens is 2. The summed E-state index contributed by atoms with van der Waals surface area (Å²) in [5, 5.41) is 8.45. The van der Waals surface area contributed by atoms with Crippen molar-refractivity contribution in [3.8, 4) is 0 Å². The monoisotopic (exact) mass is 311 g/mol. The molecule has 4 nitrogen and oxygen atoms in total. The topological polar surface area (TPSA) is 46.9 Å². The number of rotatable bonds is 2. The molecule has 0 unspecified atom stereocenters. The molecular formula is C17H17N3OS. The highest BCUT2D eigenvalue weighted by atomic mass is 32.1. The van der Waals surface area contributed by atoms with Gasteiger partial charge in [-0.2, -0.15) is 5.10 Å². The van der Waals surface area contributed by atoms with Gasteiger partial charge in [0.15, 0.2) is 0 Å². The molecule has 0 saturated carbocycles. The maximum atomic E-state index is 12.5. The first kappa shape index (κ1) is 13.5. The van der Waals surface area contributed by atoms with E-state index >= 15 is 0 Å². The molecular weight excluding hydrogens is 294 g/mol.